The molecule has 0 saturated heterocycles. The highest BCUT2D eigenvalue weighted by atomic mass is 79.9. The molecule has 5 nitrogen and oxygen atoms in total. The van der Waals surface area contributed by atoms with Crippen LogP contribution in [0.5, 0.6) is 0 Å². The largest absolute Gasteiger partial charge is 0.398 e. The average Bonchev–Trinajstić information content (AvgIpc) is 2.36. The Balaban J connectivity index is 2.46. The molecule has 1 unspecified atom stereocenters. The topological polar surface area (TPSA) is 89.8 Å². The van der Waals surface area contributed by atoms with Gasteiger partial charge in [-0.05, 0) is 18.2 Å². The van der Waals surface area contributed by atoms with E-state index in [4.69, 9.17) is 11.6 Å². The van der Waals surface area contributed by atoms with E-state index in [-0.39, 0.29) is 6.04 Å². The summed E-state index contributed by atoms with van der Waals surface area (Å²) >= 11 is 3.41. The standard InChI is InChI=1S/C11H12BrN5/c12-7-1-2-9(13)8(5-7)11(17-14)10-6-15-3-4-16-10/h1-6,11,17H,13-14H2. The van der Waals surface area contributed by atoms with Gasteiger partial charge in [0.1, 0.15) is 0 Å². The quantitative estimate of drug-likeness (QED) is 0.452. The molecule has 0 aliphatic carbocycles. The van der Waals surface area contributed by atoms with Gasteiger partial charge in [-0.3, -0.25) is 15.8 Å². The van der Waals surface area contributed by atoms with Crippen LogP contribution >= 0.6 is 15.9 Å². The van der Waals surface area contributed by atoms with E-state index in [0.717, 1.165) is 15.7 Å². The molecule has 2 rings (SSSR count). The second-order valence-corrected chi connectivity index (χ2v) is 4.42. The Morgan fingerprint density at radius 3 is 2.76 bits per heavy atom. The molecule has 0 aliphatic heterocycles. The maximum absolute atomic E-state index is 5.94. The van der Waals surface area contributed by atoms with E-state index in [9.17, 15) is 0 Å². The minimum atomic E-state index is -0.277. The number of halogens is 1. The third-order valence-electron chi connectivity index (χ3n) is 2.41. The maximum atomic E-state index is 5.94. The van der Waals surface area contributed by atoms with Gasteiger partial charge in [0.25, 0.3) is 0 Å². The molecule has 0 fully saturated rings. The van der Waals surface area contributed by atoms with Crippen molar-refractivity contribution in [2.24, 2.45) is 5.84 Å². The normalized spacial score (nSPS) is 12.4. The summed E-state index contributed by atoms with van der Waals surface area (Å²) in [6, 6.07) is 5.33. The van der Waals surface area contributed by atoms with Gasteiger partial charge in [-0.1, -0.05) is 15.9 Å². The first-order valence-corrected chi connectivity index (χ1v) is 5.78. The second-order valence-electron chi connectivity index (χ2n) is 3.50. The summed E-state index contributed by atoms with van der Waals surface area (Å²) in [4.78, 5) is 8.24. The van der Waals surface area contributed by atoms with E-state index in [1.54, 1.807) is 18.6 Å². The van der Waals surface area contributed by atoms with Crippen LogP contribution in [0.4, 0.5) is 5.69 Å². The smallest absolute Gasteiger partial charge is 0.0917 e. The minimum Gasteiger partial charge on any atom is -0.398 e. The maximum Gasteiger partial charge on any atom is 0.0917 e. The highest BCUT2D eigenvalue weighted by Crippen LogP contribution is 2.27. The monoisotopic (exact) mass is 293 g/mol. The Hall–Kier alpha value is -1.50. The fourth-order valence-electron chi connectivity index (χ4n) is 1.59. The summed E-state index contributed by atoms with van der Waals surface area (Å²) < 4.78 is 0.936. The molecular weight excluding hydrogens is 282 g/mol. The zero-order valence-electron chi connectivity index (χ0n) is 8.97. The predicted molar refractivity (Wildman–Crippen MR) is 69.8 cm³/mol. The highest BCUT2D eigenvalue weighted by molar-refractivity contribution is 9.10. The zero-order chi connectivity index (χ0) is 12.3. The number of aromatic nitrogens is 2. The molecule has 0 bridgehead atoms. The lowest BCUT2D eigenvalue weighted by Crippen LogP contribution is -2.30. The van der Waals surface area contributed by atoms with Crippen molar-refractivity contribution in [1.82, 2.24) is 15.4 Å². The summed E-state index contributed by atoms with van der Waals surface area (Å²) in [5.41, 5.74) is 10.9. The first kappa shape index (κ1) is 12.0. The van der Waals surface area contributed by atoms with Crippen LogP contribution in [-0.2, 0) is 0 Å². The van der Waals surface area contributed by atoms with Crippen LogP contribution in [0.15, 0.2) is 41.3 Å². The van der Waals surface area contributed by atoms with Gasteiger partial charge in [-0.2, -0.15) is 0 Å². The Kier molecular flexibility index (Phi) is 3.68. The highest BCUT2D eigenvalue weighted by Gasteiger charge is 2.16. The molecule has 6 heteroatoms. The molecule has 1 atom stereocenters. The molecular formula is C11H12BrN5. The Morgan fingerprint density at radius 1 is 1.29 bits per heavy atom. The average molecular weight is 294 g/mol. The molecule has 0 aliphatic rings. The molecule has 5 N–H and O–H groups in total. The van der Waals surface area contributed by atoms with E-state index in [1.807, 2.05) is 18.2 Å². The number of nitrogens with two attached hydrogens (primary N) is 2. The Bertz CT molecular complexity index is 502. The summed E-state index contributed by atoms with van der Waals surface area (Å²) in [6.45, 7) is 0. The third kappa shape index (κ3) is 2.60. The van der Waals surface area contributed by atoms with Gasteiger partial charge >= 0.3 is 0 Å². The fourth-order valence-corrected chi connectivity index (χ4v) is 1.97. The number of rotatable bonds is 3. The first-order valence-electron chi connectivity index (χ1n) is 4.99. The molecule has 0 spiro atoms. The van der Waals surface area contributed by atoms with Gasteiger partial charge in [0.2, 0.25) is 0 Å². The minimum absolute atomic E-state index is 0.277. The lowest BCUT2D eigenvalue weighted by molar-refractivity contribution is 0.619. The number of anilines is 1. The van der Waals surface area contributed by atoms with Crippen LogP contribution in [0.1, 0.15) is 17.3 Å². The number of hydrogen-bond acceptors (Lipinski definition) is 5. The molecule has 88 valence electrons. The van der Waals surface area contributed by atoms with E-state index in [2.05, 4.69) is 31.3 Å². The number of nitrogen functional groups attached to an aromatic ring is 1. The van der Waals surface area contributed by atoms with Gasteiger partial charge in [0.05, 0.1) is 17.9 Å². The second kappa shape index (κ2) is 5.22. The number of hydrazine groups is 1. The van der Waals surface area contributed by atoms with Crippen molar-refractivity contribution in [2.75, 3.05) is 5.73 Å². The Labute approximate surface area is 107 Å². The van der Waals surface area contributed by atoms with Crippen LogP contribution in [0.3, 0.4) is 0 Å². The van der Waals surface area contributed by atoms with Crippen LogP contribution in [0, 0.1) is 0 Å². The number of benzene rings is 1. The fraction of sp³-hybridized carbons (Fsp3) is 0.0909. The van der Waals surface area contributed by atoms with Crippen LogP contribution in [-0.4, -0.2) is 9.97 Å². The third-order valence-corrected chi connectivity index (χ3v) is 2.90. The van der Waals surface area contributed by atoms with Crippen LogP contribution < -0.4 is 17.0 Å². The summed E-state index contributed by atoms with van der Waals surface area (Å²) in [6.07, 6.45) is 4.89. The molecule has 2 aromatic rings. The molecule has 1 aromatic carbocycles. The molecule has 1 heterocycles. The number of hydrogen-bond donors (Lipinski definition) is 3. The molecule has 0 saturated carbocycles. The summed E-state index contributed by atoms with van der Waals surface area (Å²) in [7, 11) is 0. The van der Waals surface area contributed by atoms with Crippen molar-refractivity contribution in [2.45, 2.75) is 6.04 Å². The van der Waals surface area contributed by atoms with E-state index < -0.39 is 0 Å². The molecule has 0 amide bonds. The van der Waals surface area contributed by atoms with E-state index >= 15 is 0 Å². The number of nitrogens with one attached hydrogen (secondary N) is 1. The van der Waals surface area contributed by atoms with Gasteiger partial charge < -0.3 is 5.73 Å². The molecule has 0 radical (unpaired) electrons. The summed E-state index contributed by atoms with van der Waals surface area (Å²) in [5.74, 6) is 5.57. The van der Waals surface area contributed by atoms with Crippen molar-refractivity contribution in [3.05, 3.63) is 52.5 Å². The lowest BCUT2D eigenvalue weighted by atomic mass is 10.0. The van der Waals surface area contributed by atoms with Crippen LogP contribution in [0.25, 0.3) is 0 Å². The number of nitrogens with zero attached hydrogens (tertiary/aromatic N) is 2. The van der Waals surface area contributed by atoms with Crippen molar-refractivity contribution in [3.63, 3.8) is 0 Å². The predicted octanol–water partition coefficient (Wildman–Crippen LogP) is 1.37. The van der Waals surface area contributed by atoms with Crippen molar-refractivity contribution < 1.29 is 0 Å². The zero-order valence-corrected chi connectivity index (χ0v) is 10.6. The molecule has 1 aromatic heterocycles. The Morgan fingerprint density at radius 2 is 2.12 bits per heavy atom. The van der Waals surface area contributed by atoms with Crippen molar-refractivity contribution in [1.29, 1.82) is 0 Å². The summed E-state index contributed by atoms with van der Waals surface area (Å²) in [5, 5.41) is 0. The van der Waals surface area contributed by atoms with Crippen molar-refractivity contribution >= 4 is 21.6 Å². The SMILES string of the molecule is NNC(c1cnccn1)c1cc(Br)ccc1N. The molecule has 17 heavy (non-hydrogen) atoms. The van der Waals surface area contributed by atoms with Gasteiger partial charge in [-0.15, -0.1) is 0 Å². The first-order chi connectivity index (χ1) is 8.22. The van der Waals surface area contributed by atoms with Crippen molar-refractivity contribution in [3.8, 4) is 0 Å². The van der Waals surface area contributed by atoms with E-state index in [1.165, 1.54) is 0 Å². The van der Waals surface area contributed by atoms with Crippen LogP contribution in [0.2, 0.25) is 0 Å². The lowest BCUT2D eigenvalue weighted by Gasteiger charge is -2.17. The van der Waals surface area contributed by atoms with Gasteiger partial charge in [0, 0.05) is 28.1 Å². The van der Waals surface area contributed by atoms with Gasteiger partial charge in [0.15, 0.2) is 0 Å². The van der Waals surface area contributed by atoms with E-state index in [0.29, 0.717) is 5.69 Å². The van der Waals surface area contributed by atoms with Gasteiger partial charge in [-0.25, -0.2) is 5.43 Å².